The summed E-state index contributed by atoms with van der Waals surface area (Å²) in [7, 11) is -1.31. The molecule has 0 aromatic heterocycles. The van der Waals surface area contributed by atoms with Crippen LogP contribution in [0.4, 0.5) is 0 Å². The van der Waals surface area contributed by atoms with Crippen molar-refractivity contribution < 1.29 is 9.09 Å². The van der Waals surface area contributed by atoms with Gasteiger partial charge in [0, 0.05) is 5.82 Å². The number of rotatable bonds is 4. The van der Waals surface area contributed by atoms with E-state index in [1.165, 1.54) is 5.82 Å². The fourth-order valence-corrected chi connectivity index (χ4v) is 1.60. The van der Waals surface area contributed by atoms with Crippen LogP contribution in [0.15, 0.2) is 42.7 Å². The van der Waals surface area contributed by atoms with Gasteiger partial charge in [-0.15, -0.1) is 0 Å². The van der Waals surface area contributed by atoms with Crippen LogP contribution in [0.5, 0.6) is 5.75 Å². The summed E-state index contributed by atoms with van der Waals surface area (Å²) in [6, 6.07) is 8.99. The molecule has 0 amide bonds. The average Bonchev–Trinajstić information content (AvgIpc) is 2.19. The van der Waals surface area contributed by atoms with Crippen molar-refractivity contribution >= 4 is 7.52 Å². The van der Waals surface area contributed by atoms with E-state index < -0.39 is 7.52 Å². The quantitative estimate of drug-likeness (QED) is 0.754. The standard InChI is InChI=1S/C9H12NO2P/c1-3-13(11,10-2)12-9-7-5-4-6-8-9/h3-8H,1H2,2H3,(H,10,11). The Bertz CT molecular complexity index is 324. The Hall–Kier alpha value is -1.05. The normalized spacial score (nSPS) is 14.5. The first-order valence-corrected chi connectivity index (χ1v) is 5.56. The first-order valence-electron chi connectivity index (χ1n) is 3.87. The molecule has 13 heavy (non-hydrogen) atoms. The van der Waals surface area contributed by atoms with Gasteiger partial charge in [0.1, 0.15) is 5.75 Å². The molecule has 1 aromatic rings. The van der Waals surface area contributed by atoms with Gasteiger partial charge in [0.25, 0.3) is 0 Å². The summed E-state index contributed by atoms with van der Waals surface area (Å²) >= 11 is 0. The summed E-state index contributed by atoms with van der Waals surface area (Å²) < 4.78 is 16.9. The lowest BCUT2D eigenvalue weighted by molar-refractivity contribution is 0.483. The summed E-state index contributed by atoms with van der Waals surface area (Å²) in [6.45, 7) is 3.45. The van der Waals surface area contributed by atoms with Gasteiger partial charge in [-0.1, -0.05) is 24.8 Å². The van der Waals surface area contributed by atoms with Gasteiger partial charge in [0.2, 0.25) is 0 Å². The van der Waals surface area contributed by atoms with Crippen LogP contribution >= 0.6 is 7.52 Å². The van der Waals surface area contributed by atoms with Crippen molar-refractivity contribution in [3.8, 4) is 5.75 Å². The first kappa shape index (κ1) is 10.0. The van der Waals surface area contributed by atoms with Gasteiger partial charge in [-0.2, -0.15) is 0 Å². The predicted molar refractivity (Wildman–Crippen MR) is 53.9 cm³/mol. The molecule has 0 saturated carbocycles. The molecule has 0 aliphatic carbocycles. The minimum atomic E-state index is -2.89. The molecule has 0 spiro atoms. The molecule has 0 radical (unpaired) electrons. The topological polar surface area (TPSA) is 38.3 Å². The van der Waals surface area contributed by atoms with Gasteiger partial charge >= 0.3 is 7.52 Å². The largest absolute Gasteiger partial charge is 0.430 e. The molecule has 1 rings (SSSR count). The Morgan fingerprint density at radius 2 is 2.08 bits per heavy atom. The van der Waals surface area contributed by atoms with E-state index in [1.54, 1.807) is 19.2 Å². The Kier molecular flexibility index (Phi) is 3.29. The van der Waals surface area contributed by atoms with Gasteiger partial charge < -0.3 is 4.52 Å². The van der Waals surface area contributed by atoms with Crippen LogP contribution in [0.25, 0.3) is 0 Å². The molecule has 3 nitrogen and oxygen atoms in total. The third-order valence-electron chi connectivity index (χ3n) is 1.54. The smallest absolute Gasteiger partial charge is 0.339 e. The Balaban J connectivity index is 2.80. The maximum absolute atomic E-state index is 11.7. The zero-order chi connectivity index (χ0) is 9.73. The third kappa shape index (κ3) is 2.72. The van der Waals surface area contributed by atoms with E-state index in [0.717, 1.165) is 0 Å². The molecule has 4 heteroatoms. The van der Waals surface area contributed by atoms with Crippen molar-refractivity contribution in [2.24, 2.45) is 0 Å². The lowest BCUT2D eigenvalue weighted by Gasteiger charge is -2.13. The second-order valence-electron chi connectivity index (χ2n) is 2.41. The van der Waals surface area contributed by atoms with Gasteiger partial charge in [-0.05, 0) is 19.2 Å². The molecule has 1 aromatic carbocycles. The first-order chi connectivity index (χ1) is 6.20. The maximum atomic E-state index is 11.7. The summed E-state index contributed by atoms with van der Waals surface area (Å²) in [5, 5.41) is 2.59. The van der Waals surface area contributed by atoms with Crippen LogP contribution < -0.4 is 9.61 Å². The van der Waals surface area contributed by atoms with Crippen molar-refractivity contribution in [1.29, 1.82) is 0 Å². The highest BCUT2D eigenvalue weighted by molar-refractivity contribution is 7.60. The molecular weight excluding hydrogens is 185 g/mol. The van der Waals surface area contributed by atoms with E-state index in [-0.39, 0.29) is 0 Å². The van der Waals surface area contributed by atoms with Crippen molar-refractivity contribution in [3.05, 3.63) is 42.7 Å². The van der Waals surface area contributed by atoms with E-state index in [2.05, 4.69) is 11.7 Å². The summed E-state index contributed by atoms with van der Waals surface area (Å²) in [6.07, 6.45) is 0. The zero-order valence-corrected chi connectivity index (χ0v) is 8.33. The van der Waals surface area contributed by atoms with Crippen molar-refractivity contribution in [1.82, 2.24) is 5.09 Å². The molecule has 0 bridgehead atoms. The van der Waals surface area contributed by atoms with E-state index in [0.29, 0.717) is 5.75 Å². The van der Waals surface area contributed by atoms with Gasteiger partial charge in [-0.25, -0.2) is 5.09 Å². The van der Waals surface area contributed by atoms with Crippen LogP contribution in [0.1, 0.15) is 0 Å². The average molecular weight is 197 g/mol. The highest BCUT2D eigenvalue weighted by Gasteiger charge is 2.16. The molecule has 70 valence electrons. The molecular formula is C9H12NO2P. The maximum Gasteiger partial charge on any atom is 0.339 e. The zero-order valence-electron chi connectivity index (χ0n) is 7.43. The Labute approximate surface area is 77.9 Å². The van der Waals surface area contributed by atoms with Crippen molar-refractivity contribution in [2.45, 2.75) is 0 Å². The van der Waals surface area contributed by atoms with E-state index in [9.17, 15) is 4.57 Å². The summed E-state index contributed by atoms with van der Waals surface area (Å²) in [5.74, 6) is 1.86. The lowest BCUT2D eigenvalue weighted by atomic mass is 10.3. The second-order valence-corrected chi connectivity index (χ2v) is 4.60. The number of hydrogen-bond acceptors (Lipinski definition) is 2. The van der Waals surface area contributed by atoms with E-state index >= 15 is 0 Å². The van der Waals surface area contributed by atoms with Gasteiger partial charge in [-0.3, -0.25) is 4.57 Å². The minimum absolute atomic E-state index is 0.570. The second kappa shape index (κ2) is 4.26. The SMILES string of the molecule is C=CP(=O)(NC)Oc1ccccc1. The van der Waals surface area contributed by atoms with Crippen LogP contribution in [-0.2, 0) is 4.57 Å². The van der Waals surface area contributed by atoms with Crippen LogP contribution in [0.3, 0.4) is 0 Å². The molecule has 0 aliphatic heterocycles. The molecule has 1 N–H and O–H groups in total. The minimum Gasteiger partial charge on any atom is -0.430 e. The Morgan fingerprint density at radius 1 is 1.46 bits per heavy atom. The number of nitrogens with one attached hydrogen (secondary N) is 1. The number of para-hydroxylation sites is 1. The highest BCUT2D eigenvalue weighted by atomic mass is 31.2. The van der Waals surface area contributed by atoms with Crippen LogP contribution in [-0.4, -0.2) is 7.05 Å². The monoisotopic (exact) mass is 197 g/mol. The molecule has 1 atom stereocenters. The van der Waals surface area contributed by atoms with E-state index in [1.807, 2.05) is 18.2 Å². The number of benzene rings is 1. The Morgan fingerprint density at radius 3 is 2.54 bits per heavy atom. The lowest BCUT2D eigenvalue weighted by Crippen LogP contribution is -2.05. The highest BCUT2D eigenvalue weighted by Crippen LogP contribution is 2.42. The van der Waals surface area contributed by atoms with Crippen molar-refractivity contribution in [3.63, 3.8) is 0 Å². The van der Waals surface area contributed by atoms with Gasteiger partial charge in [0.05, 0.1) is 0 Å². The summed E-state index contributed by atoms with van der Waals surface area (Å²) in [5.41, 5.74) is 0. The molecule has 0 saturated heterocycles. The van der Waals surface area contributed by atoms with E-state index in [4.69, 9.17) is 4.52 Å². The molecule has 0 fully saturated rings. The predicted octanol–water partition coefficient (Wildman–Crippen LogP) is 2.62. The number of hydrogen-bond donors (Lipinski definition) is 1. The molecule has 0 heterocycles. The van der Waals surface area contributed by atoms with Gasteiger partial charge in [0.15, 0.2) is 0 Å². The fourth-order valence-electron chi connectivity index (χ4n) is 0.812. The van der Waals surface area contributed by atoms with Crippen molar-refractivity contribution in [2.75, 3.05) is 7.05 Å². The fraction of sp³-hybridized carbons (Fsp3) is 0.111. The molecule has 1 unspecified atom stereocenters. The van der Waals surface area contributed by atoms with Crippen LogP contribution in [0.2, 0.25) is 0 Å². The summed E-state index contributed by atoms with van der Waals surface area (Å²) in [4.78, 5) is 0. The van der Waals surface area contributed by atoms with Crippen LogP contribution in [0, 0.1) is 0 Å². The molecule has 0 aliphatic rings. The third-order valence-corrected chi connectivity index (χ3v) is 3.12.